The summed E-state index contributed by atoms with van der Waals surface area (Å²) < 4.78 is 0. The topological polar surface area (TPSA) is 0 Å². The van der Waals surface area contributed by atoms with Crippen molar-refractivity contribution in [1.82, 2.24) is 0 Å². The highest BCUT2D eigenvalue weighted by molar-refractivity contribution is 5.20. The van der Waals surface area contributed by atoms with Gasteiger partial charge in [-0.25, -0.2) is 0 Å². The van der Waals surface area contributed by atoms with Gasteiger partial charge in [0.1, 0.15) is 0 Å². The molecule has 0 heterocycles. The molecule has 0 N–H and O–H groups in total. The summed E-state index contributed by atoms with van der Waals surface area (Å²) in [6.45, 7) is 5.38. The molecule has 0 aromatic rings. The molecule has 88 valence electrons. The average molecular weight is 216 g/mol. The molecule has 7 aliphatic rings. The molecule has 0 radical (unpaired) electrons. The highest BCUT2D eigenvalue weighted by Gasteiger charge is 2.71. The van der Waals surface area contributed by atoms with E-state index in [1.54, 1.807) is 38.5 Å². The zero-order chi connectivity index (χ0) is 10.7. The third kappa shape index (κ3) is 0.703. The van der Waals surface area contributed by atoms with Crippen molar-refractivity contribution in [2.45, 2.75) is 52.4 Å². The second-order valence-corrected chi connectivity index (χ2v) is 8.52. The minimum absolute atomic E-state index is 0.799. The molecule has 0 amide bonds. The zero-order valence-electron chi connectivity index (χ0n) is 10.7. The summed E-state index contributed by atoms with van der Waals surface area (Å²) in [5.74, 6) is 6.83. The second kappa shape index (κ2) is 2.27. The van der Waals surface area contributed by atoms with Crippen molar-refractivity contribution < 1.29 is 0 Å². The molecule has 0 heteroatoms. The quantitative estimate of drug-likeness (QED) is 0.572. The summed E-state index contributed by atoms with van der Waals surface area (Å²) in [4.78, 5) is 0. The molecule has 8 bridgehead atoms. The molecule has 7 saturated carbocycles. The van der Waals surface area contributed by atoms with E-state index >= 15 is 0 Å². The van der Waals surface area contributed by atoms with Gasteiger partial charge in [-0.2, -0.15) is 0 Å². The van der Waals surface area contributed by atoms with Crippen molar-refractivity contribution in [3.05, 3.63) is 0 Å². The zero-order valence-corrected chi connectivity index (χ0v) is 10.7. The van der Waals surface area contributed by atoms with Crippen molar-refractivity contribution in [1.29, 1.82) is 0 Å². The lowest BCUT2D eigenvalue weighted by Gasteiger charge is -2.77. The minimum atomic E-state index is 0.799. The van der Waals surface area contributed by atoms with Crippen molar-refractivity contribution in [3.63, 3.8) is 0 Å². The highest BCUT2D eigenvalue weighted by atomic mass is 14.8. The molecular formula is C16H24. The van der Waals surface area contributed by atoms with Crippen LogP contribution in [0, 0.1) is 46.3 Å². The Hall–Kier alpha value is 0. The molecule has 4 unspecified atom stereocenters. The fourth-order valence-corrected chi connectivity index (χ4v) is 7.93. The van der Waals surface area contributed by atoms with E-state index in [9.17, 15) is 0 Å². The predicted molar refractivity (Wildman–Crippen MR) is 64.9 cm³/mol. The van der Waals surface area contributed by atoms with E-state index in [2.05, 4.69) is 13.8 Å². The molecule has 16 heavy (non-hydrogen) atoms. The normalized spacial score (nSPS) is 73.9. The first-order chi connectivity index (χ1) is 7.61. The molecule has 7 aliphatic carbocycles. The van der Waals surface area contributed by atoms with Crippen LogP contribution in [0.3, 0.4) is 0 Å². The second-order valence-electron chi connectivity index (χ2n) is 8.52. The summed E-state index contributed by atoms with van der Waals surface area (Å²) >= 11 is 0. The first-order valence-electron chi connectivity index (χ1n) is 7.61. The molecule has 0 spiro atoms. The van der Waals surface area contributed by atoms with Gasteiger partial charge in [-0.3, -0.25) is 0 Å². The van der Waals surface area contributed by atoms with Gasteiger partial charge < -0.3 is 0 Å². The van der Waals surface area contributed by atoms with E-state index in [1.165, 1.54) is 0 Å². The van der Waals surface area contributed by atoms with Gasteiger partial charge in [-0.05, 0) is 84.9 Å². The van der Waals surface area contributed by atoms with Crippen LogP contribution in [0.1, 0.15) is 52.4 Å². The summed E-state index contributed by atoms with van der Waals surface area (Å²) in [5.41, 5.74) is 1.60. The fourth-order valence-electron chi connectivity index (χ4n) is 7.93. The maximum absolute atomic E-state index is 2.69. The third-order valence-electron chi connectivity index (χ3n) is 8.17. The predicted octanol–water partition coefficient (Wildman–Crippen LogP) is 4.10. The largest absolute Gasteiger partial charge is 0.0591 e. The number of hydrogen-bond donors (Lipinski definition) is 0. The summed E-state index contributed by atoms with van der Waals surface area (Å²) in [7, 11) is 0. The van der Waals surface area contributed by atoms with Crippen molar-refractivity contribution in [2.75, 3.05) is 0 Å². The Balaban J connectivity index is 1.76. The average Bonchev–Trinajstić information content (AvgIpc) is 2.24. The van der Waals surface area contributed by atoms with Gasteiger partial charge in [-0.1, -0.05) is 13.8 Å². The molecule has 7 fully saturated rings. The van der Waals surface area contributed by atoms with Gasteiger partial charge >= 0.3 is 0 Å². The Labute approximate surface area is 99.2 Å². The summed E-state index contributed by atoms with van der Waals surface area (Å²) in [6, 6.07) is 0. The molecule has 0 aliphatic heterocycles. The Bertz CT molecular complexity index is 308. The van der Waals surface area contributed by atoms with Gasteiger partial charge in [0.15, 0.2) is 0 Å². The van der Waals surface area contributed by atoms with Gasteiger partial charge in [0, 0.05) is 0 Å². The lowest BCUT2D eigenvalue weighted by molar-refractivity contribution is -0.286. The number of rotatable bonds is 0. The molecule has 0 nitrogen and oxygen atoms in total. The van der Waals surface area contributed by atoms with E-state index in [0.29, 0.717) is 0 Å². The Morgan fingerprint density at radius 2 is 0.938 bits per heavy atom. The maximum Gasteiger partial charge on any atom is -0.0261 e. The SMILES string of the molecule is CC12CC3CC4C1CC1CC2C(C3)C4(C)C1. The Morgan fingerprint density at radius 1 is 0.625 bits per heavy atom. The standard InChI is InChI=1S/C16H24/c1-15-7-9-5-13-11(15)3-10-4-12(15)14(6-9)16(13,2)8-10/h9-14H,3-8H2,1-2H3. The lowest BCUT2D eigenvalue weighted by atomic mass is 9.27. The highest BCUT2D eigenvalue weighted by Crippen LogP contribution is 2.79. The summed E-state index contributed by atoms with van der Waals surface area (Å²) in [5, 5.41) is 0. The van der Waals surface area contributed by atoms with Crippen LogP contribution in [-0.2, 0) is 0 Å². The minimum Gasteiger partial charge on any atom is -0.0591 e. The molecule has 4 atom stereocenters. The third-order valence-corrected chi connectivity index (χ3v) is 8.17. The van der Waals surface area contributed by atoms with Gasteiger partial charge in [-0.15, -0.1) is 0 Å². The molecule has 0 aromatic carbocycles. The van der Waals surface area contributed by atoms with Crippen molar-refractivity contribution in [3.8, 4) is 0 Å². The van der Waals surface area contributed by atoms with Crippen molar-refractivity contribution >= 4 is 0 Å². The first kappa shape index (κ1) is 9.00. The van der Waals surface area contributed by atoms with Gasteiger partial charge in [0.25, 0.3) is 0 Å². The van der Waals surface area contributed by atoms with Crippen molar-refractivity contribution in [2.24, 2.45) is 46.3 Å². The fraction of sp³-hybridized carbons (Fsp3) is 1.00. The van der Waals surface area contributed by atoms with E-state index in [-0.39, 0.29) is 0 Å². The van der Waals surface area contributed by atoms with E-state index in [4.69, 9.17) is 0 Å². The van der Waals surface area contributed by atoms with Gasteiger partial charge in [0.2, 0.25) is 0 Å². The van der Waals surface area contributed by atoms with Gasteiger partial charge in [0.05, 0.1) is 0 Å². The Morgan fingerprint density at radius 3 is 1.25 bits per heavy atom. The Kier molecular flexibility index (Phi) is 1.28. The molecule has 7 rings (SSSR count). The lowest BCUT2D eigenvalue weighted by Crippen LogP contribution is -2.70. The number of hydrogen-bond acceptors (Lipinski definition) is 0. The van der Waals surface area contributed by atoms with Crippen LogP contribution in [0.15, 0.2) is 0 Å². The molecule has 0 saturated heterocycles. The smallest absolute Gasteiger partial charge is 0.0261 e. The van der Waals surface area contributed by atoms with Crippen LogP contribution in [-0.4, -0.2) is 0 Å². The first-order valence-corrected chi connectivity index (χ1v) is 7.61. The van der Waals surface area contributed by atoms with Crippen LogP contribution in [0.25, 0.3) is 0 Å². The van der Waals surface area contributed by atoms with E-state index in [1.807, 2.05) is 0 Å². The van der Waals surface area contributed by atoms with E-state index < -0.39 is 0 Å². The summed E-state index contributed by atoms with van der Waals surface area (Å²) in [6.07, 6.45) is 9.69. The van der Waals surface area contributed by atoms with E-state index in [0.717, 1.165) is 46.3 Å². The van der Waals surface area contributed by atoms with Crippen LogP contribution < -0.4 is 0 Å². The van der Waals surface area contributed by atoms with Crippen LogP contribution in [0.5, 0.6) is 0 Å². The van der Waals surface area contributed by atoms with Crippen LogP contribution in [0.4, 0.5) is 0 Å². The molecular weight excluding hydrogens is 192 g/mol. The maximum atomic E-state index is 2.69. The van der Waals surface area contributed by atoms with Crippen LogP contribution >= 0.6 is 0 Å². The molecule has 0 aromatic heterocycles. The van der Waals surface area contributed by atoms with Crippen LogP contribution in [0.2, 0.25) is 0 Å². The monoisotopic (exact) mass is 216 g/mol.